The van der Waals surface area contributed by atoms with E-state index in [0.717, 1.165) is 11.8 Å². The van der Waals surface area contributed by atoms with Crippen molar-refractivity contribution in [1.82, 2.24) is 0 Å². The summed E-state index contributed by atoms with van der Waals surface area (Å²) in [5.74, 6) is 1.59. The minimum Gasteiger partial charge on any atom is -0.382 e. The second-order valence-electron chi connectivity index (χ2n) is 5.72. The van der Waals surface area contributed by atoms with E-state index < -0.39 is 0 Å². The first-order valence-electron chi connectivity index (χ1n) is 7.05. The highest BCUT2D eigenvalue weighted by molar-refractivity contribution is 5.54. The van der Waals surface area contributed by atoms with Crippen LogP contribution in [0.3, 0.4) is 0 Å². The summed E-state index contributed by atoms with van der Waals surface area (Å²) < 4.78 is 0. The van der Waals surface area contributed by atoms with Crippen LogP contribution in [0.5, 0.6) is 0 Å². The lowest BCUT2D eigenvalue weighted by Gasteiger charge is -2.34. The SMILES string of the molecule is CCCC(C)CC1Nc2ccccc2CC1C. The highest BCUT2D eigenvalue weighted by atomic mass is 14.9. The van der Waals surface area contributed by atoms with Gasteiger partial charge in [0.05, 0.1) is 0 Å². The lowest BCUT2D eigenvalue weighted by atomic mass is 9.83. The van der Waals surface area contributed by atoms with Crippen LogP contribution in [0.1, 0.15) is 45.6 Å². The zero-order valence-corrected chi connectivity index (χ0v) is 11.4. The molecule has 2 rings (SSSR count). The first kappa shape index (κ1) is 12.5. The number of fused-ring (bicyclic) bond motifs is 1. The lowest BCUT2D eigenvalue weighted by molar-refractivity contribution is 0.366. The minimum absolute atomic E-state index is 0.659. The highest BCUT2D eigenvalue weighted by Gasteiger charge is 2.25. The van der Waals surface area contributed by atoms with Gasteiger partial charge in [0.25, 0.3) is 0 Å². The topological polar surface area (TPSA) is 12.0 Å². The third-order valence-corrected chi connectivity index (χ3v) is 4.02. The standard InChI is InChI=1S/C16H25N/c1-4-7-12(2)10-16-13(3)11-14-8-5-6-9-15(14)17-16/h5-6,8-9,12-13,16-17H,4,7,10-11H2,1-3H3. The van der Waals surface area contributed by atoms with Gasteiger partial charge in [-0.3, -0.25) is 0 Å². The third kappa shape index (κ3) is 3.02. The Morgan fingerprint density at radius 2 is 2.12 bits per heavy atom. The van der Waals surface area contributed by atoms with Gasteiger partial charge in [0.2, 0.25) is 0 Å². The summed E-state index contributed by atoms with van der Waals surface area (Å²) in [5, 5.41) is 3.74. The van der Waals surface area contributed by atoms with Crippen molar-refractivity contribution >= 4 is 5.69 Å². The van der Waals surface area contributed by atoms with Gasteiger partial charge in [-0.2, -0.15) is 0 Å². The van der Waals surface area contributed by atoms with Crippen molar-refractivity contribution in [2.24, 2.45) is 11.8 Å². The molecular weight excluding hydrogens is 206 g/mol. The molecule has 1 heterocycles. The van der Waals surface area contributed by atoms with Gasteiger partial charge >= 0.3 is 0 Å². The van der Waals surface area contributed by atoms with Crippen molar-refractivity contribution in [3.05, 3.63) is 29.8 Å². The van der Waals surface area contributed by atoms with Crippen LogP contribution in [-0.2, 0) is 6.42 Å². The van der Waals surface area contributed by atoms with E-state index in [1.165, 1.54) is 36.9 Å². The second-order valence-corrected chi connectivity index (χ2v) is 5.72. The minimum atomic E-state index is 0.659. The smallest absolute Gasteiger partial charge is 0.0375 e. The first-order chi connectivity index (χ1) is 8.20. The molecule has 1 aromatic rings. The van der Waals surface area contributed by atoms with E-state index in [-0.39, 0.29) is 0 Å². The van der Waals surface area contributed by atoms with Crippen molar-refractivity contribution in [1.29, 1.82) is 0 Å². The van der Waals surface area contributed by atoms with Crippen molar-refractivity contribution < 1.29 is 0 Å². The largest absolute Gasteiger partial charge is 0.382 e. The Labute approximate surface area is 106 Å². The molecule has 3 atom stereocenters. The van der Waals surface area contributed by atoms with E-state index in [1.807, 2.05) is 0 Å². The Hall–Kier alpha value is -0.980. The second kappa shape index (κ2) is 5.57. The van der Waals surface area contributed by atoms with E-state index in [9.17, 15) is 0 Å². The molecule has 0 aliphatic carbocycles. The third-order valence-electron chi connectivity index (χ3n) is 4.02. The van der Waals surface area contributed by atoms with Gasteiger partial charge in [-0.15, -0.1) is 0 Å². The van der Waals surface area contributed by atoms with Crippen LogP contribution in [0.2, 0.25) is 0 Å². The highest BCUT2D eigenvalue weighted by Crippen LogP contribution is 2.31. The zero-order valence-electron chi connectivity index (χ0n) is 11.4. The first-order valence-corrected chi connectivity index (χ1v) is 7.05. The molecule has 0 bridgehead atoms. The van der Waals surface area contributed by atoms with Gasteiger partial charge in [-0.25, -0.2) is 0 Å². The molecule has 1 nitrogen and oxygen atoms in total. The Balaban J connectivity index is 2.02. The van der Waals surface area contributed by atoms with Crippen LogP contribution >= 0.6 is 0 Å². The molecule has 1 aliphatic heterocycles. The Morgan fingerprint density at radius 1 is 1.35 bits per heavy atom. The Morgan fingerprint density at radius 3 is 2.88 bits per heavy atom. The van der Waals surface area contributed by atoms with Crippen LogP contribution in [0.4, 0.5) is 5.69 Å². The number of benzene rings is 1. The molecular formula is C16H25N. The molecule has 0 saturated carbocycles. The van der Waals surface area contributed by atoms with E-state index in [4.69, 9.17) is 0 Å². The summed E-state index contributed by atoms with van der Waals surface area (Å²) in [6, 6.07) is 9.41. The summed E-state index contributed by atoms with van der Waals surface area (Å²) >= 11 is 0. The normalized spacial score (nSPS) is 24.9. The molecule has 17 heavy (non-hydrogen) atoms. The molecule has 94 valence electrons. The van der Waals surface area contributed by atoms with Crippen LogP contribution in [0, 0.1) is 11.8 Å². The Kier molecular flexibility index (Phi) is 4.09. The number of hydrogen-bond donors (Lipinski definition) is 1. The van der Waals surface area contributed by atoms with Crippen LogP contribution in [0.25, 0.3) is 0 Å². The molecule has 1 aromatic carbocycles. The maximum absolute atomic E-state index is 3.74. The molecule has 1 heteroatoms. The quantitative estimate of drug-likeness (QED) is 0.805. The molecule has 0 saturated heterocycles. The van der Waals surface area contributed by atoms with Gasteiger partial charge < -0.3 is 5.32 Å². The lowest BCUT2D eigenvalue weighted by Crippen LogP contribution is -2.34. The fraction of sp³-hybridized carbons (Fsp3) is 0.625. The van der Waals surface area contributed by atoms with Crippen molar-refractivity contribution in [2.75, 3.05) is 5.32 Å². The fourth-order valence-electron chi connectivity index (χ4n) is 3.01. The number of rotatable bonds is 4. The number of hydrogen-bond acceptors (Lipinski definition) is 1. The van der Waals surface area contributed by atoms with Crippen LogP contribution in [0.15, 0.2) is 24.3 Å². The van der Waals surface area contributed by atoms with Gasteiger partial charge in [0.1, 0.15) is 0 Å². The van der Waals surface area contributed by atoms with Crippen molar-refractivity contribution in [3.8, 4) is 0 Å². The van der Waals surface area contributed by atoms with Crippen LogP contribution in [-0.4, -0.2) is 6.04 Å². The predicted molar refractivity (Wildman–Crippen MR) is 75.4 cm³/mol. The van der Waals surface area contributed by atoms with E-state index in [2.05, 4.69) is 50.4 Å². The molecule has 0 spiro atoms. The fourth-order valence-corrected chi connectivity index (χ4v) is 3.01. The number of nitrogens with one attached hydrogen (secondary N) is 1. The Bertz CT molecular complexity index is 358. The average molecular weight is 231 g/mol. The van der Waals surface area contributed by atoms with E-state index in [1.54, 1.807) is 0 Å². The molecule has 1 N–H and O–H groups in total. The van der Waals surface area contributed by atoms with Crippen LogP contribution < -0.4 is 5.32 Å². The number of para-hydroxylation sites is 1. The molecule has 3 unspecified atom stereocenters. The summed E-state index contributed by atoms with van der Waals surface area (Å²) in [4.78, 5) is 0. The summed E-state index contributed by atoms with van der Waals surface area (Å²) in [6.45, 7) is 7.05. The molecule has 0 amide bonds. The van der Waals surface area contributed by atoms with Gasteiger partial charge in [0, 0.05) is 11.7 Å². The van der Waals surface area contributed by atoms with Crippen molar-refractivity contribution in [2.45, 2.75) is 52.5 Å². The maximum Gasteiger partial charge on any atom is 0.0375 e. The summed E-state index contributed by atoms with van der Waals surface area (Å²) in [7, 11) is 0. The van der Waals surface area contributed by atoms with Gasteiger partial charge in [-0.1, -0.05) is 51.8 Å². The summed E-state index contributed by atoms with van der Waals surface area (Å²) in [6.07, 6.45) is 5.20. The van der Waals surface area contributed by atoms with Gasteiger partial charge in [0.15, 0.2) is 0 Å². The molecule has 0 aromatic heterocycles. The molecule has 0 fully saturated rings. The monoisotopic (exact) mass is 231 g/mol. The maximum atomic E-state index is 3.74. The van der Waals surface area contributed by atoms with Gasteiger partial charge in [-0.05, 0) is 36.3 Å². The predicted octanol–water partition coefficient (Wildman–Crippen LogP) is 4.49. The number of anilines is 1. The van der Waals surface area contributed by atoms with E-state index in [0.29, 0.717) is 6.04 Å². The molecule has 0 radical (unpaired) electrons. The zero-order chi connectivity index (χ0) is 12.3. The van der Waals surface area contributed by atoms with E-state index >= 15 is 0 Å². The molecule has 1 aliphatic rings. The average Bonchev–Trinajstić information content (AvgIpc) is 2.30. The van der Waals surface area contributed by atoms with Crippen molar-refractivity contribution in [3.63, 3.8) is 0 Å². The summed E-state index contributed by atoms with van der Waals surface area (Å²) in [5.41, 5.74) is 2.85.